The Balaban J connectivity index is 2.19. The highest BCUT2D eigenvalue weighted by Crippen LogP contribution is 2.19. The number of amides is 2. The van der Waals surface area contributed by atoms with E-state index in [-0.39, 0.29) is 17.3 Å². The number of hydrogen-bond acceptors (Lipinski definition) is 9. The second-order valence-electron chi connectivity index (χ2n) is 6.74. The third kappa shape index (κ3) is 7.02. The molecule has 2 atom stereocenters. The zero-order valence-electron chi connectivity index (χ0n) is 17.5. The molecule has 1 aliphatic heterocycles. The average Bonchev–Trinajstić information content (AvgIpc) is 2.79. The lowest BCUT2D eigenvalue weighted by Gasteiger charge is -2.17. The van der Waals surface area contributed by atoms with Gasteiger partial charge in [-0.3, -0.25) is 29.7 Å². The molecule has 1 aliphatic rings. The second kappa shape index (κ2) is 12.0. The number of rotatable bonds is 10. The number of benzene rings is 1. The van der Waals surface area contributed by atoms with Crippen LogP contribution in [0.2, 0.25) is 0 Å². The third-order valence-corrected chi connectivity index (χ3v) is 4.31. The van der Waals surface area contributed by atoms with Crippen LogP contribution in [0.25, 0.3) is 0 Å². The minimum atomic E-state index is -0.908. The van der Waals surface area contributed by atoms with Crippen LogP contribution in [0.3, 0.4) is 0 Å². The Morgan fingerprint density at radius 2 is 2.19 bits per heavy atom. The van der Waals surface area contributed by atoms with Gasteiger partial charge < -0.3 is 27.4 Å². The highest BCUT2D eigenvalue weighted by molar-refractivity contribution is 6.41. The van der Waals surface area contributed by atoms with Crippen molar-refractivity contribution in [1.82, 2.24) is 16.0 Å². The van der Waals surface area contributed by atoms with Crippen molar-refractivity contribution in [2.75, 3.05) is 13.1 Å². The number of nitrogens with zero attached hydrogens (tertiary/aromatic N) is 3. The molecule has 0 saturated carbocycles. The van der Waals surface area contributed by atoms with Gasteiger partial charge in [-0.15, -0.1) is 0 Å². The molecule has 12 heteroatoms. The summed E-state index contributed by atoms with van der Waals surface area (Å²) in [5.41, 5.74) is 12.3. The maximum atomic E-state index is 12.4. The molecule has 12 nitrogen and oxygen atoms in total. The summed E-state index contributed by atoms with van der Waals surface area (Å²) < 4.78 is 0. The molecule has 1 heterocycles. The Morgan fingerprint density at radius 3 is 2.84 bits per heavy atom. The van der Waals surface area contributed by atoms with Crippen molar-refractivity contribution in [2.45, 2.75) is 25.6 Å². The number of aliphatic imine (C=N–C) groups is 2. The summed E-state index contributed by atoms with van der Waals surface area (Å²) in [5, 5.41) is 19.2. The summed E-state index contributed by atoms with van der Waals surface area (Å²) in [7, 11) is 0. The molecular weight excluding hydrogens is 416 g/mol. The van der Waals surface area contributed by atoms with Gasteiger partial charge in [0.15, 0.2) is 0 Å². The minimum Gasteiger partial charge on any atom is -0.403 e. The number of nitrogens with two attached hydrogens (primary N) is 2. The van der Waals surface area contributed by atoms with Gasteiger partial charge in [-0.25, -0.2) is 0 Å². The van der Waals surface area contributed by atoms with E-state index in [1.807, 2.05) is 6.92 Å². The molecule has 0 saturated heterocycles. The lowest BCUT2D eigenvalue weighted by molar-refractivity contribution is -0.483. The summed E-state index contributed by atoms with van der Waals surface area (Å²) in [4.78, 5) is 43.4. The van der Waals surface area contributed by atoms with E-state index in [9.17, 15) is 19.7 Å². The van der Waals surface area contributed by atoms with Crippen LogP contribution in [0.1, 0.15) is 35.3 Å². The number of nitro groups is 1. The summed E-state index contributed by atoms with van der Waals surface area (Å²) in [6.45, 7) is 1.93. The van der Waals surface area contributed by atoms with E-state index < -0.39 is 29.6 Å². The predicted molar refractivity (Wildman–Crippen MR) is 120 cm³/mol. The van der Waals surface area contributed by atoms with Crippen molar-refractivity contribution >= 4 is 23.7 Å². The molecule has 2 amide bonds. The molecule has 1 aromatic rings. The summed E-state index contributed by atoms with van der Waals surface area (Å²) in [5.74, 6) is -0.877. The van der Waals surface area contributed by atoms with Crippen LogP contribution in [-0.2, 0) is 4.79 Å². The fraction of sp³-hybridized carbons (Fsp3) is 0.300. The van der Waals surface area contributed by atoms with Gasteiger partial charge in [-0.1, -0.05) is 19.1 Å². The molecule has 32 heavy (non-hydrogen) atoms. The molecule has 0 fully saturated rings. The van der Waals surface area contributed by atoms with Crippen molar-refractivity contribution in [3.05, 3.63) is 69.8 Å². The van der Waals surface area contributed by atoms with E-state index in [4.69, 9.17) is 11.5 Å². The van der Waals surface area contributed by atoms with Crippen LogP contribution in [0.4, 0.5) is 0 Å². The van der Waals surface area contributed by atoms with Crippen molar-refractivity contribution in [3.8, 4) is 0 Å². The summed E-state index contributed by atoms with van der Waals surface area (Å²) >= 11 is 0. The van der Waals surface area contributed by atoms with Gasteiger partial charge in [0.1, 0.15) is 17.9 Å². The normalized spacial score (nSPS) is 16.8. The molecule has 2 unspecified atom stereocenters. The number of nitrogens with one attached hydrogen (secondary N) is 3. The Hall–Kier alpha value is -4.06. The Labute approximate surface area is 184 Å². The zero-order chi connectivity index (χ0) is 23.5. The Kier molecular flexibility index (Phi) is 9.05. The van der Waals surface area contributed by atoms with Crippen LogP contribution in [0.5, 0.6) is 0 Å². The molecule has 7 N–H and O–H groups in total. The van der Waals surface area contributed by atoms with Crippen LogP contribution >= 0.6 is 0 Å². The molecular formula is C20H26N8O4. The Morgan fingerprint density at radius 1 is 1.41 bits per heavy atom. The highest BCUT2D eigenvalue weighted by Gasteiger charge is 2.21. The Bertz CT molecular complexity index is 970. The van der Waals surface area contributed by atoms with E-state index in [1.165, 1.54) is 18.6 Å². The molecule has 0 aromatic heterocycles. The molecule has 0 spiro atoms. The fourth-order valence-electron chi connectivity index (χ4n) is 2.71. The molecule has 2 rings (SSSR count). The number of hydrogen-bond donors (Lipinski definition) is 5. The van der Waals surface area contributed by atoms with Gasteiger partial charge in [0.2, 0.25) is 6.54 Å². The number of allylic oxidation sites excluding steroid dienone is 1. The van der Waals surface area contributed by atoms with Gasteiger partial charge in [0, 0.05) is 41.8 Å². The first-order valence-corrected chi connectivity index (χ1v) is 9.86. The van der Waals surface area contributed by atoms with Crippen molar-refractivity contribution in [3.63, 3.8) is 0 Å². The standard InChI is InChI=1S/C20H26N8O4/c1-2-6-25-19(29)14-5-3-4-13(9-14)16(12-28(31)32)26-11-15(10-21)27-20(30)17-18(22)24-8-7-23-17/h3-5,7-11,16,18,24H,2,6,12,21-22H2,1H3,(H,25,29)(H,27,30). The van der Waals surface area contributed by atoms with E-state index in [0.717, 1.165) is 12.6 Å². The molecule has 0 aliphatic carbocycles. The van der Waals surface area contributed by atoms with Gasteiger partial charge in [0.05, 0.1) is 5.70 Å². The summed E-state index contributed by atoms with van der Waals surface area (Å²) in [6, 6.07) is 5.52. The molecule has 0 bridgehead atoms. The molecule has 170 valence electrons. The first-order valence-electron chi connectivity index (χ1n) is 9.86. The lowest BCUT2D eigenvalue weighted by atomic mass is 10.0. The average molecular weight is 442 g/mol. The SMILES string of the molecule is CCCNC(=O)c1cccc(C(C[N+](=O)[O-])N=CC(=CN)NC(=O)C2=NC=CNC2N)c1. The number of carbonyl (C=O) groups excluding carboxylic acids is 2. The van der Waals surface area contributed by atoms with Crippen molar-refractivity contribution in [2.24, 2.45) is 21.5 Å². The summed E-state index contributed by atoms with van der Waals surface area (Å²) in [6.07, 6.45) is 5.19. The largest absolute Gasteiger partial charge is 0.403 e. The van der Waals surface area contributed by atoms with Crippen LogP contribution < -0.4 is 27.4 Å². The second-order valence-corrected chi connectivity index (χ2v) is 6.74. The van der Waals surface area contributed by atoms with Crippen LogP contribution in [-0.4, -0.2) is 47.9 Å². The molecule has 1 aromatic carbocycles. The van der Waals surface area contributed by atoms with Gasteiger partial charge in [0.25, 0.3) is 11.8 Å². The van der Waals surface area contributed by atoms with E-state index in [2.05, 4.69) is 25.9 Å². The lowest BCUT2D eigenvalue weighted by Crippen LogP contribution is -2.50. The van der Waals surface area contributed by atoms with E-state index in [0.29, 0.717) is 17.7 Å². The number of carbonyl (C=O) groups is 2. The van der Waals surface area contributed by atoms with E-state index >= 15 is 0 Å². The minimum absolute atomic E-state index is 0.0351. The fourth-order valence-corrected chi connectivity index (χ4v) is 2.71. The molecule has 0 radical (unpaired) electrons. The van der Waals surface area contributed by atoms with Gasteiger partial charge >= 0.3 is 0 Å². The van der Waals surface area contributed by atoms with Crippen LogP contribution in [0.15, 0.2) is 58.5 Å². The maximum Gasteiger partial charge on any atom is 0.273 e. The van der Waals surface area contributed by atoms with Crippen LogP contribution in [0, 0.1) is 10.1 Å². The smallest absolute Gasteiger partial charge is 0.273 e. The zero-order valence-corrected chi connectivity index (χ0v) is 17.5. The van der Waals surface area contributed by atoms with Crippen molar-refractivity contribution in [1.29, 1.82) is 0 Å². The van der Waals surface area contributed by atoms with Gasteiger partial charge in [-0.05, 0) is 24.1 Å². The first-order chi connectivity index (χ1) is 15.3. The first kappa shape index (κ1) is 24.2. The predicted octanol–water partition coefficient (Wildman–Crippen LogP) is -0.0685. The quantitative estimate of drug-likeness (QED) is 0.190. The maximum absolute atomic E-state index is 12.4. The monoisotopic (exact) mass is 442 g/mol. The van der Waals surface area contributed by atoms with Gasteiger partial charge in [-0.2, -0.15) is 0 Å². The van der Waals surface area contributed by atoms with Crippen molar-refractivity contribution < 1.29 is 14.5 Å². The topological polar surface area (TPSA) is 190 Å². The highest BCUT2D eigenvalue weighted by atomic mass is 16.6. The third-order valence-electron chi connectivity index (χ3n) is 4.31. The van der Waals surface area contributed by atoms with E-state index in [1.54, 1.807) is 24.3 Å².